The summed E-state index contributed by atoms with van der Waals surface area (Å²) < 4.78 is 5.33. The lowest BCUT2D eigenvalue weighted by Crippen LogP contribution is -2.25. The van der Waals surface area contributed by atoms with Crippen LogP contribution in [0, 0.1) is 6.92 Å². The fourth-order valence-corrected chi connectivity index (χ4v) is 3.55. The lowest BCUT2D eigenvalue weighted by atomic mass is 10.1. The van der Waals surface area contributed by atoms with E-state index in [1.54, 1.807) is 19.1 Å². The zero-order chi connectivity index (χ0) is 18.0. The number of hydrogen-bond donors (Lipinski definition) is 2. The largest absolute Gasteiger partial charge is 0.482 e. The molecule has 2 N–H and O–H groups in total. The summed E-state index contributed by atoms with van der Waals surface area (Å²) >= 11 is 1.49. The van der Waals surface area contributed by atoms with E-state index in [2.05, 4.69) is 22.8 Å². The number of hydrazone groups is 1. The number of carbonyl (C=O) groups excluding carboxylic acids is 2. The van der Waals surface area contributed by atoms with Crippen LogP contribution in [0.2, 0.25) is 0 Å². The summed E-state index contributed by atoms with van der Waals surface area (Å²) in [4.78, 5) is 25.5. The van der Waals surface area contributed by atoms with Crippen molar-refractivity contribution >= 4 is 34.6 Å². The highest BCUT2D eigenvalue weighted by Crippen LogP contribution is 2.28. The fraction of sp³-hybridized carbons (Fsp3) is 0.278. The summed E-state index contributed by atoms with van der Waals surface area (Å²) in [6.07, 6.45) is 0.912. The number of rotatable bonds is 4. The van der Waals surface area contributed by atoms with Crippen molar-refractivity contribution in [3.8, 4) is 5.75 Å². The number of nitrogens with zero attached hydrogens (tertiary/aromatic N) is 1. The molecular weight excluding hydrogens is 338 g/mol. The van der Waals surface area contributed by atoms with Crippen molar-refractivity contribution in [3.05, 3.63) is 45.1 Å². The number of amides is 2. The van der Waals surface area contributed by atoms with Crippen molar-refractivity contribution in [1.29, 1.82) is 0 Å². The molecule has 0 fully saturated rings. The SMILES string of the molecule is CCc1sc(C(=O)N/N=C(/C)c2ccc3c(c2)NC(=O)CO3)cc1C. The molecule has 1 aromatic heterocycles. The van der Waals surface area contributed by atoms with Crippen LogP contribution in [0.3, 0.4) is 0 Å². The van der Waals surface area contributed by atoms with Gasteiger partial charge in [0, 0.05) is 4.88 Å². The highest BCUT2D eigenvalue weighted by atomic mass is 32.1. The molecule has 0 aliphatic carbocycles. The van der Waals surface area contributed by atoms with Gasteiger partial charge in [0.05, 0.1) is 16.3 Å². The third-order valence-electron chi connectivity index (χ3n) is 3.92. The molecular formula is C18H19N3O3S. The van der Waals surface area contributed by atoms with E-state index < -0.39 is 0 Å². The van der Waals surface area contributed by atoms with Gasteiger partial charge in [0.15, 0.2) is 6.61 Å². The van der Waals surface area contributed by atoms with Crippen LogP contribution in [-0.4, -0.2) is 24.1 Å². The number of hydrogen-bond acceptors (Lipinski definition) is 5. The molecule has 6 nitrogen and oxygen atoms in total. The minimum absolute atomic E-state index is 0.0233. The molecule has 7 heteroatoms. The highest BCUT2D eigenvalue weighted by molar-refractivity contribution is 7.14. The molecule has 1 aliphatic heterocycles. The van der Waals surface area contributed by atoms with Gasteiger partial charge >= 0.3 is 0 Å². The van der Waals surface area contributed by atoms with Crippen LogP contribution in [-0.2, 0) is 11.2 Å². The van der Waals surface area contributed by atoms with Crippen LogP contribution in [0.15, 0.2) is 29.4 Å². The van der Waals surface area contributed by atoms with Gasteiger partial charge in [0.1, 0.15) is 5.75 Å². The number of aryl methyl sites for hydroxylation is 2. The Morgan fingerprint density at radius 1 is 1.40 bits per heavy atom. The smallest absolute Gasteiger partial charge is 0.281 e. The van der Waals surface area contributed by atoms with Crippen LogP contribution in [0.5, 0.6) is 5.75 Å². The van der Waals surface area contributed by atoms with Gasteiger partial charge in [0.25, 0.3) is 11.8 Å². The fourth-order valence-electron chi connectivity index (χ4n) is 2.55. The Labute approximate surface area is 149 Å². The number of thiophene rings is 1. The number of anilines is 1. The zero-order valence-electron chi connectivity index (χ0n) is 14.3. The van der Waals surface area contributed by atoms with E-state index in [0.717, 1.165) is 17.5 Å². The number of fused-ring (bicyclic) bond motifs is 1. The van der Waals surface area contributed by atoms with Crippen LogP contribution >= 0.6 is 11.3 Å². The maximum Gasteiger partial charge on any atom is 0.281 e. The lowest BCUT2D eigenvalue weighted by Gasteiger charge is -2.18. The molecule has 0 atom stereocenters. The number of ether oxygens (including phenoxy) is 1. The van der Waals surface area contributed by atoms with Crippen molar-refractivity contribution in [2.24, 2.45) is 5.10 Å². The minimum Gasteiger partial charge on any atom is -0.482 e. The van der Waals surface area contributed by atoms with Crippen LogP contribution in [0.4, 0.5) is 5.69 Å². The van der Waals surface area contributed by atoms with Gasteiger partial charge in [-0.1, -0.05) is 6.92 Å². The molecule has 0 unspecified atom stereocenters. The van der Waals surface area contributed by atoms with Crippen molar-refractivity contribution in [2.75, 3.05) is 11.9 Å². The molecule has 130 valence electrons. The standard InChI is InChI=1S/C18H19N3O3S/c1-4-15-10(2)7-16(25-15)18(23)21-20-11(3)12-5-6-14-13(8-12)19-17(22)9-24-14/h5-8H,4,9H2,1-3H3,(H,19,22)(H,21,23)/b20-11-. The van der Waals surface area contributed by atoms with Gasteiger partial charge in [-0.25, -0.2) is 5.43 Å². The second kappa shape index (κ2) is 7.06. The van der Waals surface area contributed by atoms with E-state index in [-0.39, 0.29) is 18.4 Å². The Balaban J connectivity index is 1.74. The average Bonchev–Trinajstić information content (AvgIpc) is 2.99. The first-order valence-corrected chi connectivity index (χ1v) is 8.80. The minimum atomic E-state index is -0.221. The topological polar surface area (TPSA) is 79.8 Å². The Morgan fingerprint density at radius 2 is 2.20 bits per heavy atom. The van der Waals surface area contributed by atoms with E-state index in [1.807, 2.05) is 19.1 Å². The first kappa shape index (κ1) is 17.2. The van der Waals surface area contributed by atoms with Crippen LogP contribution in [0.25, 0.3) is 0 Å². The summed E-state index contributed by atoms with van der Waals surface area (Å²) in [6, 6.07) is 7.28. The molecule has 0 saturated carbocycles. The van der Waals surface area contributed by atoms with Gasteiger partial charge in [-0.2, -0.15) is 5.10 Å². The van der Waals surface area contributed by atoms with Gasteiger partial charge in [-0.3, -0.25) is 9.59 Å². The van der Waals surface area contributed by atoms with Crippen molar-refractivity contribution < 1.29 is 14.3 Å². The Hall–Kier alpha value is -2.67. The Kier molecular flexibility index (Phi) is 4.85. The first-order chi connectivity index (χ1) is 12.0. The average molecular weight is 357 g/mol. The quantitative estimate of drug-likeness (QED) is 0.652. The Morgan fingerprint density at radius 3 is 2.92 bits per heavy atom. The molecule has 1 aromatic carbocycles. The van der Waals surface area contributed by atoms with Gasteiger partial charge < -0.3 is 10.1 Å². The van der Waals surface area contributed by atoms with Crippen LogP contribution in [0.1, 0.15) is 39.5 Å². The second-order valence-electron chi connectivity index (χ2n) is 5.76. The summed E-state index contributed by atoms with van der Waals surface area (Å²) in [7, 11) is 0. The van der Waals surface area contributed by atoms with Gasteiger partial charge in [-0.05, 0) is 55.7 Å². The molecule has 0 bridgehead atoms. The summed E-state index contributed by atoms with van der Waals surface area (Å²) in [5.41, 5.74) is 5.76. The molecule has 2 aromatic rings. The van der Waals surface area contributed by atoms with E-state index in [4.69, 9.17) is 4.74 Å². The molecule has 1 aliphatic rings. The van der Waals surface area contributed by atoms with E-state index >= 15 is 0 Å². The number of nitrogens with one attached hydrogen (secondary N) is 2. The summed E-state index contributed by atoms with van der Waals surface area (Å²) in [5.74, 6) is 0.218. The Bertz CT molecular complexity index is 870. The third-order valence-corrected chi connectivity index (χ3v) is 5.30. The van der Waals surface area contributed by atoms with Gasteiger partial charge in [0.2, 0.25) is 0 Å². The predicted octanol–water partition coefficient (Wildman–Crippen LogP) is 3.10. The molecule has 2 heterocycles. The molecule has 0 saturated heterocycles. The van der Waals surface area contributed by atoms with E-state index in [1.165, 1.54) is 16.2 Å². The van der Waals surface area contributed by atoms with Gasteiger partial charge in [-0.15, -0.1) is 11.3 Å². The molecule has 3 rings (SSSR count). The lowest BCUT2D eigenvalue weighted by molar-refractivity contribution is -0.118. The molecule has 0 radical (unpaired) electrons. The van der Waals surface area contributed by atoms with Crippen molar-refractivity contribution in [2.45, 2.75) is 27.2 Å². The second-order valence-corrected chi connectivity index (χ2v) is 6.89. The molecule has 2 amide bonds. The van der Waals surface area contributed by atoms with E-state index in [9.17, 15) is 9.59 Å². The highest BCUT2D eigenvalue weighted by Gasteiger charge is 2.16. The normalized spacial score (nSPS) is 13.7. The van der Waals surface area contributed by atoms with Crippen LogP contribution < -0.4 is 15.5 Å². The number of carbonyl (C=O) groups is 2. The monoisotopic (exact) mass is 357 g/mol. The summed E-state index contributed by atoms with van der Waals surface area (Å²) in [6.45, 7) is 5.89. The van der Waals surface area contributed by atoms with E-state index in [0.29, 0.717) is 22.0 Å². The zero-order valence-corrected chi connectivity index (χ0v) is 15.1. The molecule has 25 heavy (non-hydrogen) atoms. The predicted molar refractivity (Wildman–Crippen MR) is 98.7 cm³/mol. The van der Waals surface area contributed by atoms with Crippen molar-refractivity contribution in [1.82, 2.24) is 5.43 Å². The summed E-state index contributed by atoms with van der Waals surface area (Å²) in [5, 5.41) is 6.93. The number of benzene rings is 1. The third kappa shape index (κ3) is 3.71. The maximum atomic E-state index is 12.3. The van der Waals surface area contributed by atoms with Crippen molar-refractivity contribution in [3.63, 3.8) is 0 Å². The maximum absolute atomic E-state index is 12.3. The first-order valence-electron chi connectivity index (χ1n) is 7.99. The molecule has 0 spiro atoms.